The summed E-state index contributed by atoms with van der Waals surface area (Å²) < 4.78 is 38.0. The van der Waals surface area contributed by atoms with E-state index in [9.17, 15) is 18.0 Å². The fraction of sp³-hybridized carbons (Fsp3) is 0.417. The minimum Gasteiger partial charge on any atom is -0.354 e. The molecule has 1 unspecified atom stereocenters. The van der Waals surface area contributed by atoms with E-state index in [0.29, 0.717) is 0 Å². The maximum atomic E-state index is 12.7. The molecule has 0 aromatic heterocycles. The van der Waals surface area contributed by atoms with Gasteiger partial charge in [0.05, 0.1) is 11.6 Å². The molecule has 0 aliphatic carbocycles. The number of benzene rings is 1. The summed E-state index contributed by atoms with van der Waals surface area (Å²) in [4.78, 5) is 11.2. The smallest absolute Gasteiger partial charge is 0.354 e. The molecule has 1 atom stereocenters. The third kappa shape index (κ3) is 4.03. The van der Waals surface area contributed by atoms with Crippen LogP contribution in [0.2, 0.25) is 0 Å². The number of amides is 1. The van der Waals surface area contributed by atoms with Gasteiger partial charge in [0.15, 0.2) is 0 Å². The van der Waals surface area contributed by atoms with Gasteiger partial charge in [0.1, 0.15) is 0 Å². The Kier molecular flexibility index (Phi) is 4.72. The summed E-state index contributed by atoms with van der Waals surface area (Å²) in [5, 5.41) is 2.48. The van der Waals surface area contributed by atoms with E-state index in [1.165, 1.54) is 25.1 Å². The highest BCUT2D eigenvalue weighted by molar-refractivity contribution is 5.80. The molecule has 0 aliphatic rings. The molecule has 1 aromatic rings. The first kappa shape index (κ1) is 14.5. The summed E-state index contributed by atoms with van der Waals surface area (Å²) in [7, 11) is 0. The van der Waals surface area contributed by atoms with Crippen molar-refractivity contribution in [3.8, 4) is 0 Å². The van der Waals surface area contributed by atoms with Gasteiger partial charge >= 0.3 is 6.18 Å². The van der Waals surface area contributed by atoms with Crippen molar-refractivity contribution in [2.45, 2.75) is 25.6 Å². The highest BCUT2D eigenvalue weighted by atomic mass is 19.4. The van der Waals surface area contributed by atoms with Gasteiger partial charge in [0.25, 0.3) is 0 Å². The number of halogens is 3. The van der Waals surface area contributed by atoms with Crippen LogP contribution in [0.15, 0.2) is 24.3 Å². The molecule has 0 bridgehead atoms. The Morgan fingerprint density at radius 3 is 2.56 bits per heavy atom. The van der Waals surface area contributed by atoms with Crippen LogP contribution in [0, 0.1) is 0 Å². The molecule has 1 rings (SSSR count). The lowest BCUT2D eigenvalue weighted by molar-refractivity contribution is -0.138. The monoisotopic (exact) mass is 260 g/mol. The maximum absolute atomic E-state index is 12.7. The van der Waals surface area contributed by atoms with E-state index in [-0.39, 0.29) is 24.4 Å². The van der Waals surface area contributed by atoms with Crippen LogP contribution in [0.25, 0.3) is 0 Å². The van der Waals surface area contributed by atoms with Gasteiger partial charge in [-0.05, 0) is 25.0 Å². The predicted molar refractivity (Wildman–Crippen MR) is 61.8 cm³/mol. The molecule has 100 valence electrons. The normalized spacial score (nSPS) is 13.2. The first-order valence-electron chi connectivity index (χ1n) is 5.50. The Labute approximate surface area is 103 Å². The number of hydrogen-bond acceptors (Lipinski definition) is 2. The summed E-state index contributed by atoms with van der Waals surface area (Å²) in [5.41, 5.74) is 4.82. The number of nitrogens with two attached hydrogens (primary N) is 1. The van der Waals surface area contributed by atoms with E-state index in [0.717, 1.165) is 6.07 Å². The highest BCUT2D eigenvalue weighted by Crippen LogP contribution is 2.31. The first-order valence-corrected chi connectivity index (χ1v) is 5.50. The molecular weight excluding hydrogens is 245 g/mol. The Hall–Kier alpha value is -1.56. The van der Waals surface area contributed by atoms with Crippen molar-refractivity contribution in [3.05, 3.63) is 35.4 Å². The molecule has 0 fully saturated rings. The Morgan fingerprint density at radius 1 is 1.39 bits per heavy atom. The van der Waals surface area contributed by atoms with Gasteiger partial charge in [-0.1, -0.05) is 18.2 Å². The van der Waals surface area contributed by atoms with Crippen molar-refractivity contribution in [2.75, 3.05) is 6.54 Å². The zero-order chi connectivity index (χ0) is 13.8. The van der Waals surface area contributed by atoms with E-state index in [2.05, 4.69) is 5.32 Å². The summed E-state index contributed by atoms with van der Waals surface area (Å²) >= 11 is 0. The molecule has 0 aliphatic heterocycles. The summed E-state index contributed by atoms with van der Waals surface area (Å²) in [5.74, 6) is -0.375. The lowest BCUT2D eigenvalue weighted by atomic mass is 10.0. The molecule has 0 radical (unpaired) electrons. The topological polar surface area (TPSA) is 55.1 Å². The molecule has 1 amide bonds. The zero-order valence-corrected chi connectivity index (χ0v) is 9.92. The lowest BCUT2D eigenvalue weighted by Crippen LogP contribution is -2.39. The predicted octanol–water partition coefficient (Wildman–Crippen LogP) is 1.71. The Balaban J connectivity index is 2.66. The third-order valence-electron chi connectivity index (χ3n) is 2.43. The van der Waals surface area contributed by atoms with Gasteiger partial charge in [0, 0.05) is 6.54 Å². The van der Waals surface area contributed by atoms with Gasteiger partial charge in [-0.2, -0.15) is 13.2 Å². The molecule has 0 saturated heterocycles. The lowest BCUT2D eigenvalue weighted by Gasteiger charge is -2.13. The summed E-state index contributed by atoms with van der Waals surface area (Å²) in [6, 6.07) is 4.65. The first-order chi connectivity index (χ1) is 8.32. The molecule has 3 N–H and O–H groups in total. The van der Waals surface area contributed by atoms with Crippen molar-refractivity contribution < 1.29 is 18.0 Å². The van der Waals surface area contributed by atoms with Crippen molar-refractivity contribution in [2.24, 2.45) is 5.73 Å². The molecule has 6 heteroatoms. The molecule has 0 heterocycles. The fourth-order valence-corrected chi connectivity index (χ4v) is 1.50. The van der Waals surface area contributed by atoms with E-state index >= 15 is 0 Å². The zero-order valence-electron chi connectivity index (χ0n) is 9.92. The Bertz CT molecular complexity index is 416. The molecule has 18 heavy (non-hydrogen) atoms. The number of alkyl halides is 3. The van der Waals surface area contributed by atoms with E-state index in [4.69, 9.17) is 5.73 Å². The summed E-state index contributed by atoms with van der Waals surface area (Å²) in [6.07, 6.45) is -4.25. The van der Waals surface area contributed by atoms with Crippen LogP contribution in [-0.2, 0) is 17.4 Å². The molecule has 3 nitrogen and oxygen atoms in total. The second-order valence-electron chi connectivity index (χ2n) is 3.98. The minimum atomic E-state index is -4.37. The van der Waals surface area contributed by atoms with E-state index in [1.807, 2.05) is 0 Å². The summed E-state index contributed by atoms with van der Waals surface area (Å²) in [6.45, 7) is 1.65. The number of hydrogen-bond donors (Lipinski definition) is 2. The molecular formula is C12H15F3N2O. The van der Waals surface area contributed by atoms with Gasteiger partial charge in [-0.25, -0.2) is 0 Å². The highest BCUT2D eigenvalue weighted by Gasteiger charge is 2.32. The standard InChI is InChI=1S/C12H15F3N2O/c1-8(16)11(18)17-7-6-9-4-2-3-5-10(9)12(13,14)15/h2-5,8H,6-7,16H2,1H3,(H,17,18). The van der Waals surface area contributed by atoms with Crippen molar-refractivity contribution >= 4 is 5.91 Å². The number of nitrogens with one attached hydrogen (secondary N) is 1. The van der Waals surface area contributed by atoms with Crippen molar-refractivity contribution in [1.29, 1.82) is 0 Å². The van der Waals surface area contributed by atoms with E-state index in [1.54, 1.807) is 0 Å². The average Bonchev–Trinajstić information content (AvgIpc) is 2.28. The van der Waals surface area contributed by atoms with Crippen LogP contribution in [0.5, 0.6) is 0 Å². The van der Waals surface area contributed by atoms with Crippen LogP contribution in [0.4, 0.5) is 13.2 Å². The van der Waals surface area contributed by atoms with Gasteiger partial charge in [-0.15, -0.1) is 0 Å². The third-order valence-corrected chi connectivity index (χ3v) is 2.43. The molecule has 0 saturated carbocycles. The largest absolute Gasteiger partial charge is 0.416 e. The van der Waals surface area contributed by atoms with Crippen LogP contribution in [0.1, 0.15) is 18.1 Å². The SMILES string of the molecule is CC(N)C(=O)NCCc1ccccc1C(F)(F)F. The second kappa shape index (κ2) is 5.86. The fourth-order valence-electron chi connectivity index (χ4n) is 1.50. The van der Waals surface area contributed by atoms with Crippen LogP contribution in [-0.4, -0.2) is 18.5 Å². The quantitative estimate of drug-likeness (QED) is 0.866. The molecule has 1 aromatic carbocycles. The van der Waals surface area contributed by atoms with Crippen LogP contribution in [0.3, 0.4) is 0 Å². The van der Waals surface area contributed by atoms with Crippen molar-refractivity contribution in [1.82, 2.24) is 5.32 Å². The van der Waals surface area contributed by atoms with Crippen LogP contribution < -0.4 is 11.1 Å². The average molecular weight is 260 g/mol. The number of rotatable bonds is 4. The number of carbonyl (C=O) groups is 1. The minimum absolute atomic E-state index is 0.119. The van der Waals surface area contributed by atoms with Gasteiger partial charge in [0.2, 0.25) is 5.91 Å². The maximum Gasteiger partial charge on any atom is 0.416 e. The van der Waals surface area contributed by atoms with Crippen LogP contribution >= 0.6 is 0 Å². The Morgan fingerprint density at radius 2 is 2.00 bits per heavy atom. The number of carbonyl (C=O) groups excluding carboxylic acids is 1. The molecule has 0 spiro atoms. The second-order valence-corrected chi connectivity index (χ2v) is 3.98. The van der Waals surface area contributed by atoms with Gasteiger partial charge in [-0.3, -0.25) is 4.79 Å². The van der Waals surface area contributed by atoms with E-state index < -0.39 is 17.8 Å². The van der Waals surface area contributed by atoms with Crippen molar-refractivity contribution in [3.63, 3.8) is 0 Å². The van der Waals surface area contributed by atoms with Gasteiger partial charge < -0.3 is 11.1 Å².